The number of ether oxygens (including phenoxy) is 3. The largest absolute Gasteiger partial charge is 0.497 e. The summed E-state index contributed by atoms with van der Waals surface area (Å²) in [5.74, 6) is 2.04. The minimum atomic E-state index is 0.570. The van der Waals surface area contributed by atoms with Crippen LogP contribution in [0.3, 0.4) is 0 Å². The third kappa shape index (κ3) is 2.67. The molecule has 0 aliphatic rings. The summed E-state index contributed by atoms with van der Waals surface area (Å²) in [6, 6.07) is 13.0. The Balaban J connectivity index is 2.63. The van der Waals surface area contributed by atoms with Crippen molar-refractivity contribution in [2.75, 3.05) is 21.3 Å². The van der Waals surface area contributed by atoms with Crippen molar-refractivity contribution in [2.45, 2.75) is 0 Å². The number of rotatable bonds is 4. The van der Waals surface area contributed by atoms with Crippen LogP contribution < -0.4 is 14.2 Å². The van der Waals surface area contributed by atoms with Gasteiger partial charge in [0.2, 0.25) is 0 Å². The Labute approximate surface area is 118 Å². The van der Waals surface area contributed by atoms with Gasteiger partial charge in [0.1, 0.15) is 17.2 Å². The molecule has 4 heteroatoms. The van der Waals surface area contributed by atoms with Crippen molar-refractivity contribution in [1.82, 2.24) is 0 Å². The van der Waals surface area contributed by atoms with Crippen molar-refractivity contribution in [3.8, 4) is 34.4 Å². The van der Waals surface area contributed by atoms with Crippen LogP contribution in [0.25, 0.3) is 11.1 Å². The Kier molecular flexibility index (Phi) is 4.11. The van der Waals surface area contributed by atoms with E-state index in [4.69, 9.17) is 14.2 Å². The van der Waals surface area contributed by atoms with Gasteiger partial charge in [0.25, 0.3) is 0 Å². The van der Waals surface area contributed by atoms with Crippen LogP contribution >= 0.6 is 0 Å². The molecule has 102 valence electrons. The zero-order valence-corrected chi connectivity index (χ0v) is 11.6. The first-order chi connectivity index (χ1) is 9.71. The summed E-state index contributed by atoms with van der Waals surface area (Å²) in [6.45, 7) is 0. The highest BCUT2D eigenvalue weighted by atomic mass is 16.5. The number of hydrogen-bond donors (Lipinski definition) is 0. The zero-order valence-electron chi connectivity index (χ0n) is 11.6. The molecule has 0 spiro atoms. The van der Waals surface area contributed by atoms with E-state index in [-0.39, 0.29) is 0 Å². The smallest absolute Gasteiger partial charge is 0.123 e. The van der Waals surface area contributed by atoms with Crippen LogP contribution in [0.15, 0.2) is 36.4 Å². The van der Waals surface area contributed by atoms with Gasteiger partial charge in [-0.1, -0.05) is 0 Å². The number of hydrogen-bond acceptors (Lipinski definition) is 4. The predicted octanol–water partition coefficient (Wildman–Crippen LogP) is 3.25. The second kappa shape index (κ2) is 5.98. The monoisotopic (exact) mass is 269 g/mol. The summed E-state index contributed by atoms with van der Waals surface area (Å²) in [6.07, 6.45) is 0. The van der Waals surface area contributed by atoms with Crippen LogP contribution in [0.5, 0.6) is 17.2 Å². The molecular formula is C16H15NO3. The van der Waals surface area contributed by atoms with Crippen LogP contribution in [0.2, 0.25) is 0 Å². The average molecular weight is 269 g/mol. The molecule has 0 radical (unpaired) electrons. The summed E-state index contributed by atoms with van der Waals surface area (Å²) >= 11 is 0. The third-order valence-corrected chi connectivity index (χ3v) is 3.01. The molecule has 2 aromatic rings. The van der Waals surface area contributed by atoms with E-state index in [1.165, 1.54) is 0 Å². The van der Waals surface area contributed by atoms with Crippen LogP contribution in [-0.4, -0.2) is 21.3 Å². The standard InChI is InChI=1S/C16H15NO3/c1-18-13-5-4-11(10-17)16(9-13)12-6-14(19-2)8-15(7-12)20-3/h4-9H,1-3H3. The van der Waals surface area contributed by atoms with Crippen LogP contribution in [-0.2, 0) is 0 Å². The normalized spacial score (nSPS) is 9.70. The van der Waals surface area contributed by atoms with E-state index in [0.717, 1.165) is 11.1 Å². The molecule has 4 nitrogen and oxygen atoms in total. The van der Waals surface area contributed by atoms with Gasteiger partial charge in [-0.25, -0.2) is 0 Å². The first-order valence-corrected chi connectivity index (χ1v) is 6.03. The first-order valence-electron chi connectivity index (χ1n) is 6.03. The highest BCUT2D eigenvalue weighted by molar-refractivity contribution is 5.74. The fourth-order valence-electron chi connectivity index (χ4n) is 1.95. The molecular weight excluding hydrogens is 254 g/mol. The van der Waals surface area contributed by atoms with Crippen LogP contribution in [0.4, 0.5) is 0 Å². The first kappa shape index (κ1) is 13.8. The zero-order chi connectivity index (χ0) is 14.5. The van der Waals surface area contributed by atoms with Crippen molar-refractivity contribution < 1.29 is 14.2 Å². The van der Waals surface area contributed by atoms with Gasteiger partial charge in [-0.05, 0) is 35.9 Å². The molecule has 0 heterocycles. The summed E-state index contributed by atoms with van der Waals surface area (Å²) in [5, 5.41) is 9.24. The maximum absolute atomic E-state index is 9.24. The van der Waals surface area contributed by atoms with Gasteiger partial charge >= 0.3 is 0 Å². The molecule has 0 unspecified atom stereocenters. The van der Waals surface area contributed by atoms with Gasteiger partial charge in [0.15, 0.2) is 0 Å². The van der Waals surface area contributed by atoms with Crippen LogP contribution in [0.1, 0.15) is 5.56 Å². The average Bonchev–Trinajstić information content (AvgIpc) is 2.53. The summed E-state index contributed by atoms with van der Waals surface area (Å²) in [4.78, 5) is 0. The van der Waals surface area contributed by atoms with E-state index in [0.29, 0.717) is 22.8 Å². The molecule has 0 aliphatic carbocycles. The van der Waals surface area contributed by atoms with Crippen LogP contribution in [0, 0.1) is 11.3 Å². The number of benzene rings is 2. The highest BCUT2D eigenvalue weighted by Crippen LogP contribution is 2.33. The van der Waals surface area contributed by atoms with E-state index < -0.39 is 0 Å². The Hall–Kier alpha value is -2.67. The van der Waals surface area contributed by atoms with E-state index in [1.54, 1.807) is 39.5 Å². The van der Waals surface area contributed by atoms with Gasteiger partial charge in [-0.15, -0.1) is 0 Å². The summed E-state index contributed by atoms with van der Waals surface area (Å²) < 4.78 is 15.7. The number of nitriles is 1. The Morgan fingerprint density at radius 2 is 1.40 bits per heavy atom. The van der Waals surface area contributed by atoms with Crippen molar-refractivity contribution in [3.05, 3.63) is 42.0 Å². The van der Waals surface area contributed by atoms with Gasteiger partial charge in [-0.3, -0.25) is 0 Å². The maximum atomic E-state index is 9.24. The molecule has 0 N–H and O–H groups in total. The molecule has 0 saturated heterocycles. The lowest BCUT2D eigenvalue weighted by atomic mass is 9.99. The van der Waals surface area contributed by atoms with Crippen molar-refractivity contribution in [3.63, 3.8) is 0 Å². The minimum Gasteiger partial charge on any atom is -0.497 e. The lowest BCUT2D eigenvalue weighted by molar-refractivity contribution is 0.394. The Morgan fingerprint density at radius 1 is 0.800 bits per heavy atom. The molecule has 0 amide bonds. The van der Waals surface area contributed by atoms with Gasteiger partial charge in [-0.2, -0.15) is 5.26 Å². The lowest BCUT2D eigenvalue weighted by Crippen LogP contribution is -1.92. The van der Waals surface area contributed by atoms with Gasteiger partial charge < -0.3 is 14.2 Å². The molecule has 0 aliphatic heterocycles. The SMILES string of the molecule is COc1cc(OC)cc(-c2cc(OC)ccc2C#N)c1. The predicted molar refractivity (Wildman–Crippen MR) is 76.2 cm³/mol. The maximum Gasteiger partial charge on any atom is 0.123 e. The van der Waals surface area contributed by atoms with Gasteiger partial charge in [0, 0.05) is 11.6 Å². The molecule has 0 aromatic heterocycles. The molecule has 0 bridgehead atoms. The second-order valence-electron chi connectivity index (χ2n) is 4.12. The lowest BCUT2D eigenvalue weighted by Gasteiger charge is -2.11. The van der Waals surface area contributed by atoms with E-state index in [2.05, 4.69) is 6.07 Å². The van der Waals surface area contributed by atoms with E-state index in [1.807, 2.05) is 18.2 Å². The fourth-order valence-corrected chi connectivity index (χ4v) is 1.95. The summed E-state index contributed by atoms with van der Waals surface area (Å²) in [7, 11) is 4.78. The number of nitrogens with zero attached hydrogens (tertiary/aromatic N) is 1. The second-order valence-corrected chi connectivity index (χ2v) is 4.12. The van der Waals surface area contributed by atoms with Crippen molar-refractivity contribution >= 4 is 0 Å². The minimum absolute atomic E-state index is 0.570. The Bertz CT molecular complexity index is 637. The molecule has 0 atom stereocenters. The summed E-state index contributed by atoms with van der Waals surface area (Å²) in [5.41, 5.74) is 2.20. The number of methoxy groups -OCH3 is 3. The highest BCUT2D eigenvalue weighted by Gasteiger charge is 2.10. The van der Waals surface area contributed by atoms with Gasteiger partial charge in [0.05, 0.1) is 33.0 Å². The molecule has 2 aromatic carbocycles. The third-order valence-electron chi connectivity index (χ3n) is 3.01. The van der Waals surface area contributed by atoms with Crippen molar-refractivity contribution in [2.24, 2.45) is 0 Å². The quantitative estimate of drug-likeness (QED) is 0.855. The van der Waals surface area contributed by atoms with Crippen molar-refractivity contribution in [1.29, 1.82) is 5.26 Å². The fraction of sp³-hybridized carbons (Fsp3) is 0.188. The van der Waals surface area contributed by atoms with E-state index >= 15 is 0 Å². The molecule has 20 heavy (non-hydrogen) atoms. The molecule has 0 saturated carbocycles. The Morgan fingerprint density at radius 3 is 1.90 bits per heavy atom. The molecule has 0 fully saturated rings. The molecule has 2 rings (SSSR count). The topological polar surface area (TPSA) is 51.5 Å². The van der Waals surface area contributed by atoms with E-state index in [9.17, 15) is 5.26 Å².